The fraction of sp³-hybridized carbons (Fsp3) is 0.875. The van der Waals surface area contributed by atoms with E-state index in [4.69, 9.17) is 22.8 Å². The van der Waals surface area contributed by atoms with Crippen molar-refractivity contribution in [2.75, 3.05) is 32.8 Å². The lowest BCUT2D eigenvalue weighted by Crippen LogP contribution is -2.49. The molecule has 1 saturated heterocycles. The topological polar surface area (TPSA) is 62.5 Å². The molecule has 1 atom stereocenters. The van der Waals surface area contributed by atoms with Crippen molar-refractivity contribution in [2.45, 2.75) is 13.0 Å². The first kappa shape index (κ1) is 11.6. The van der Waals surface area contributed by atoms with Crippen LogP contribution in [0.1, 0.15) is 6.92 Å². The minimum Gasteiger partial charge on any atom is -0.379 e. The van der Waals surface area contributed by atoms with Crippen molar-refractivity contribution in [2.24, 2.45) is 5.84 Å². The first-order chi connectivity index (χ1) is 6.72. The number of hydrogen-bond acceptors (Lipinski definition) is 4. The molecule has 1 fully saturated rings. The third kappa shape index (κ3) is 4.19. The maximum absolute atomic E-state index is 5.26. The summed E-state index contributed by atoms with van der Waals surface area (Å²) in [4.78, 5) is 2.35. The standard InChI is InChI=1S/C8H18N4OS/c1-7(10-8(14)11-9)6-12-2-4-13-5-3-12/h7H,2-6,9H2,1H3,(H2,10,11,14). The van der Waals surface area contributed by atoms with E-state index in [1.54, 1.807) is 0 Å². The zero-order valence-corrected chi connectivity index (χ0v) is 9.27. The van der Waals surface area contributed by atoms with Crippen LogP contribution in [0.15, 0.2) is 0 Å². The molecule has 1 heterocycles. The lowest BCUT2D eigenvalue weighted by atomic mass is 10.3. The van der Waals surface area contributed by atoms with Gasteiger partial charge in [0, 0.05) is 25.7 Å². The van der Waals surface area contributed by atoms with Crippen LogP contribution in [0.5, 0.6) is 0 Å². The monoisotopic (exact) mass is 218 g/mol. The first-order valence-corrected chi connectivity index (χ1v) is 5.20. The number of thiocarbonyl (C=S) groups is 1. The third-order valence-corrected chi connectivity index (χ3v) is 2.38. The molecule has 0 aliphatic carbocycles. The minimum atomic E-state index is 0.302. The molecule has 5 nitrogen and oxygen atoms in total. The Morgan fingerprint density at radius 1 is 1.57 bits per heavy atom. The highest BCUT2D eigenvalue weighted by atomic mass is 32.1. The van der Waals surface area contributed by atoms with Crippen LogP contribution in [0, 0.1) is 0 Å². The number of morpholine rings is 1. The number of hydrazine groups is 1. The molecule has 0 aromatic carbocycles. The molecule has 1 aliphatic heterocycles. The van der Waals surface area contributed by atoms with E-state index >= 15 is 0 Å². The van der Waals surface area contributed by atoms with Gasteiger partial charge in [0.05, 0.1) is 13.2 Å². The largest absolute Gasteiger partial charge is 0.379 e. The summed E-state index contributed by atoms with van der Waals surface area (Å²) < 4.78 is 5.26. The number of nitrogens with zero attached hydrogens (tertiary/aromatic N) is 1. The molecule has 82 valence electrons. The average Bonchev–Trinajstić information content (AvgIpc) is 2.19. The maximum atomic E-state index is 5.26. The number of nitrogens with one attached hydrogen (secondary N) is 2. The van der Waals surface area contributed by atoms with E-state index in [2.05, 4.69) is 22.6 Å². The number of rotatable bonds is 3. The van der Waals surface area contributed by atoms with Gasteiger partial charge in [0.25, 0.3) is 0 Å². The molecule has 6 heteroatoms. The average molecular weight is 218 g/mol. The lowest BCUT2D eigenvalue weighted by Gasteiger charge is -2.29. The van der Waals surface area contributed by atoms with Crippen LogP contribution in [-0.4, -0.2) is 48.9 Å². The fourth-order valence-electron chi connectivity index (χ4n) is 1.48. The van der Waals surface area contributed by atoms with Gasteiger partial charge in [-0.2, -0.15) is 0 Å². The number of hydrogen-bond donors (Lipinski definition) is 3. The molecule has 0 aromatic heterocycles. The second-order valence-corrected chi connectivity index (χ2v) is 3.84. The van der Waals surface area contributed by atoms with E-state index in [1.807, 2.05) is 0 Å². The number of nitrogens with two attached hydrogens (primary N) is 1. The van der Waals surface area contributed by atoms with Gasteiger partial charge in [0.1, 0.15) is 0 Å². The molecule has 14 heavy (non-hydrogen) atoms. The summed E-state index contributed by atoms with van der Waals surface area (Å²) in [5.74, 6) is 5.17. The second-order valence-electron chi connectivity index (χ2n) is 3.43. The van der Waals surface area contributed by atoms with Crippen LogP contribution >= 0.6 is 12.2 Å². The Kier molecular flexibility index (Phi) is 5.10. The summed E-state index contributed by atoms with van der Waals surface area (Å²) >= 11 is 4.91. The van der Waals surface area contributed by atoms with Crippen molar-refractivity contribution >= 4 is 17.3 Å². The van der Waals surface area contributed by atoms with E-state index in [0.717, 1.165) is 32.8 Å². The van der Waals surface area contributed by atoms with Crippen LogP contribution in [0.3, 0.4) is 0 Å². The molecular weight excluding hydrogens is 200 g/mol. The van der Waals surface area contributed by atoms with Crippen LogP contribution < -0.4 is 16.6 Å². The van der Waals surface area contributed by atoms with Crippen LogP contribution in [0.4, 0.5) is 0 Å². The quantitative estimate of drug-likeness (QED) is 0.322. The summed E-state index contributed by atoms with van der Waals surface area (Å²) in [6, 6.07) is 0.302. The van der Waals surface area contributed by atoms with E-state index in [9.17, 15) is 0 Å². The molecule has 0 radical (unpaired) electrons. The highest BCUT2D eigenvalue weighted by molar-refractivity contribution is 7.80. The Morgan fingerprint density at radius 3 is 2.79 bits per heavy atom. The molecule has 0 bridgehead atoms. The molecule has 1 unspecified atom stereocenters. The summed E-state index contributed by atoms with van der Waals surface area (Å²) in [6.45, 7) is 6.69. The Bertz CT molecular complexity index is 184. The normalized spacial score (nSPS) is 20.1. The van der Waals surface area contributed by atoms with Crippen LogP contribution in [0.25, 0.3) is 0 Å². The number of ether oxygens (including phenoxy) is 1. The molecular formula is C8H18N4OS. The summed E-state index contributed by atoms with van der Waals surface area (Å²) in [5, 5.41) is 3.58. The van der Waals surface area contributed by atoms with Crippen molar-refractivity contribution in [1.82, 2.24) is 15.6 Å². The predicted molar refractivity (Wildman–Crippen MR) is 59.8 cm³/mol. The van der Waals surface area contributed by atoms with Crippen molar-refractivity contribution in [3.8, 4) is 0 Å². The van der Waals surface area contributed by atoms with E-state index < -0.39 is 0 Å². The highest BCUT2D eigenvalue weighted by Gasteiger charge is 2.13. The molecule has 1 rings (SSSR count). The molecule has 4 N–H and O–H groups in total. The van der Waals surface area contributed by atoms with Gasteiger partial charge in [0.2, 0.25) is 0 Å². The third-order valence-electron chi connectivity index (χ3n) is 2.14. The Morgan fingerprint density at radius 2 is 2.21 bits per heavy atom. The van der Waals surface area contributed by atoms with Crippen LogP contribution in [-0.2, 0) is 4.74 Å². The highest BCUT2D eigenvalue weighted by Crippen LogP contribution is 1.98. The van der Waals surface area contributed by atoms with Crippen molar-refractivity contribution in [3.05, 3.63) is 0 Å². The molecule has 0 aromatic rings. The van der Waals surface area contributed by atoms with Crippen molar-refractivity contribution in [1.29, 1.82) is 0 Å². The summed E-state index contributed by atoms with van der Waals surface area (Å²) in [6.07, 6.45) is 0. The SMILES string of the molecule is CC(CN1CCOCC1)NC(=S)NN. The molecule has 0 amide bonds. The van der Waals surface area contributed by atoms with Gasteiger partial charge in [-0.05, 0) is 19.1 Å². The van der Waals surface area contributed by atoms with Crippen molar-refractivity contribution < 1.29 is 4.74 Å². The van der Waals surface area contributed by atoms with Gasteiger partial charge in [0.15, 0.2) is 5.11 Å². The smallest absolute Gasteiger partial charge is 0.180 e. The van der Waals surface area contributed by atoms with E-state index in [1.165, 1.54) is 0 Å². The van der Waals surface area contributed by atoms with Gasteiger partial charge in [-0.15, -0.1) is 0 Å². The van der Waals surface area contributed by atoms with Gasteiger partial charge >= 0.3 is 0 Å². The van der Waals surface area contributed by atoms with Crippen LogP contribution in [0.2, 0.25) is 0 Å². The van der Waals surface area contributed by atoms with Gasteiger partial charge < -0.3 is 15.5 Å². The zero-order chi connectivity index (χ0) is 10.4. The van der Waals surface area contributed by atoms with E-state index in [-0.39, 0.29) is 0 Å². The molecule has 0 saturated carbocycles. The van der Waals surface area contributed by atoms with E-state index in [0.29, 0.717) is 11.2 Å². The maximum Gasteiger partial charge on any atom is 0.180 e. The van der Waals surface area contributed by atoms with Gasteiger partial charge in [-0.25, -0.2) is 5.84 Å². The zero-order valence-electron chi connectivity index (χ0n) is 8.45. The van der Waals surface area contributed by atoms with Crippen molar-refractivity contribution in [3.63, 3.8) is 0 Å². The van der Waals surface area contributed by atoms with Gasteiger partial charge in [-0.1, -0.05) is 0 Å². The molecule has 1 aliphatic rings. The molecule has 0 spiro atoms. The van der Waals surface area contributed by atoms with Gasteiger partial charge in [-0.3, -0.25) is 4.90 Å². The Balaban J connectivity index is 2.18. The summed E-state index contributed by atoms with van der Waals surface area (Å²) in [5.41, 5.74) is 2.41. The second kappa shape index (κ2) is 6.13. The lowest BCUT2D eigenvalue weighted by molar-refractivity contribution is 0.0352. The Labute approximate surface area is 89.9 Å². The minimum absolute atomic E-state index is 0.302. The summed E-state index contributed by atoms with van der Waals surface area (Å²) in [7, 11) is 0. The first-order valence-electron chi connectivity index (χ1n) is 4.79. The fourth-order valence-corrected chi connectivity index (χ4v) is 1.68. The Hall–Kier alpha value is -0.430. The predicted octanol–water partition coefficient (Wildman–Crippen LogP) is -0.955.